The molecule has 8 rings (SSSR count). The molecule has 174 valence electrons. The van der Waals surface area contributed by atoms with Gasteiger partial charge in [0.05, 0.1) is 0 Å². The van der Waals surface area contributed by atoms with Gasteiger partial charge in [-0.2, -0.15) is 0 Å². The Kier molecular flexibility index (Phi) is 4.63. The zero-order chi connectivity index (χ0) is 24.4. The van der Waals surface area contributed by atoms with Crippen molar-refractivity contribution < 1.29 is 0 Å². The van der Waals surface area contributed by atoms with Crippen LogP contribution in [0.1, 0.15) is 22.3 Å². The van der Waals surface area contributed by atoms with Crippen LogP contribution in [0.5, 0.6) is 0 Å². The van der Waals surface area contributed by atoms with Crippen molar-refractivity contribution >= 4 is 30.1 Å². The van der Waals surface area contributed by atoms with Crippen molar-refractivity contribution in [2.24, 2.45) is 0 Å². The fraction of sp³-hybridized carbons (Fsp3) is 0.0303. The number of benzene rings is 3. The second-order valence-electron chi connectivity index (χ2n) is 9.43. The van der Waals surface area contributed by atoms with Gasteiger partial charge in [-0.3, -0.25) is 0 Å². The van der Waals surface area contributed by atoms with Crippen molar-refractivity contribution in [2.75, 3.05) is 0 Å². The van der Waals surface area contributed by atoms with E-state index in [1.54, 1.807) is 0 Å². The first kappa shape index (κ1) is 21.2. The first-order chi connectivity index (χ1) is 18.4. The van der Waals surface area contributed by atoms with Gasteiger partial charge < -0.3 is 0 Å². The van der Waals surface area contributed by atoms with E-state index in [4.69, 9.17) is 9.97 Å². The second-order valence-corrected chi connectivity index (χ2v) is 13.3. The molecule has 3 aromatic heterocycles. The molecule has 0 saturated carbocycles. The monoisotopic (exact) mass is 668 g/mol. The van der Waals surface area contributed by atoms with E-state index in [0.29, 0.717) is 0 Å². The van der Waals surface area contributed by atoms with Crippen LogP contribution < -0.4 is 6.57 Å². The van der Waals surface area contributed by atoms with Crippen molar-refractivity contribution in [1.82, 2.24) is 14.5 Å². The van der Waals surface area contributed by atoms with Gasteiger partial charge in [0.2, 0.25) is 0 Å². The predicted molar refractivity (Wildman–Crippen MR) is 149 cm³/mol. The number of hydrogen-bond donors (Lipinski definition) is 0. The zero-order valence-corrected chi connectivity index (χ0v) is 23.0. The molecule has 0 saturated heterocycles. The molecule has 0 atom stereocenters. The molecule has 0 fully saturated rings. The quantitative estimate of drug-likeness (QED) is 0.252. The molecule has 1 aliphatic carbocycles. The Balaban J connectivity index is 1.53. The summed E-state index contributed by atoms with van der Waals surface area (Å²) in [7, 11) is 0. The average molecular weight is 669 g/mol. The van der Waals surface area contributed by atoms with Gasteiger partial charge >= 0.3 is 228 Å². The average Bonchev–Trinajstić information content (AvgIpc) is 3.53. The molecule has 0 amide bonds. The van der Waals surface area contributed by atoms with Crippen LogP contribution in [0.2, 0.25) is 0 Å². The van der Waals surface area contributed by atoms with E-state index in [-0.39, 0.29) is 5.41 Å². The predicted octanol–water partition coefficient (Wildman–Crippen LogP) is 5.27. The zero-order valence-electron chi connectivity index (χ0n) is 19.9. The topological polar surface area (TPSA) is 30.7 Å². The first-order valence-corrected chi connectivity index (χ1v) is 15.6. The Labute approximate surface area is 227 Å². The molecule has 3 nitrogen and oxygen atoms in total. The standard InChI is InChI=1S/C33H21N3.Po/c1-3-14-29-27(12-1)28-13-2-4-15-30(28)33(29,26-18-21-36(23-26)32-17-6-8-20-35-32)25-11-9-10-24(22-25)31-16-5-7-19-34-31;/h1-21H;. The maximum absolute atomic E-state index is 4.79. The third kappa shape index (κ3) is 2.85. The van der Waals surface area contributed by atoms with E-state index >= 15 is 0 Å². The molecule has 4 heteroatoms. The van der Waals surface area contributed by atoms with Crippen molar-refractivity contribution in [3.8, 4) is 28.2 Å². The molecule has 2 aliphatic rings. The molecular formula is C33H21N3Po. The van der Waals surface area contributed by atoms with Crippen LogP contribution in [-0.4, -0.2) is 38.1 Å². The summed E-state index contributed by atoms with van der Waals surface area (Å²) in [6, 6.07) is 39.6. The summed E-state index contributed by atoms with van der Waals surface area (Å²) in [5, 5.41) is 0. The Morgan fingerprint density at radius 3 is 1.89 bits per heavy atom. The molecule has 4 heterocycles. The fourth-order valence-electron chi connectivity index (χ4n) is 6.21. The normalized spacial score (nSPS) is 14.1. The van der Waals surface area contributed by atoms with Crippen LogP contribution in [0, 0.1) is 0 Å². The van der Waals surface area contributed by atoms with Crippen molar-refractivity contribution in [3.63, 3.8) is 0 Å². The Bertz CT molecular complexity index is 1760. The number of aromatic nitrogens is 3. The molecule has 0 unspecified atom stereocenters. The van der Waals surface area contributed by atoms with E-state index in [9.17, 15) is 0 Å². The molecular weight excluding hydrogens is 647 g/mol. The van der Waals surface area contributed by atoms with E-state index in [1.165, 1.54) is 45.5 Å². The number of nitrogens with zero attached hydrogens (tertiary/aromatic N) is 3. The Morgan fingerprint density at radius 2 is 1.19 bits per heavy atom. The summed E-state index contributed by atoms with van der Waals surface area (Å²) in [4.78, 5) is 9.54. The summed E-state index contributed by atoms with van der Waals surface area (Å²) < 4.78 is 5.29. The first-order valence-electron chi connectivity index (χ1n) is 12.4. The van der Waals surface area contributed by atoms with Crippen LogP contribution in [0.15, 0.2) is 128 Å². The second kappa shape index (κ2) is 8.07. The van der Waals surface area contributed by atoms with Crippen LogP contribution in [0.4, 0.5) is 0 Å². The molecule has 0 radical (unpaired) electrons. The van der Waals surface area contributed by atoms with Gasteiger partial charge in [0.25, 0.3) is 0 Å². The van der Waals surface area contributed by atoms with E-state index in [0.717, 1.165) is 11.5 Å². The van der Waals surface area contributed by atoms with Crippen molar-refractivity contribution in [1.29, 1.82) is 0 Å². The summed E-state index contributed by atoms with van der Waals surface area (Å²) in [5.74, 6) is 0.984. The molecule has 0 N–H and O–H groups in total. The number of rotatable bonds is 2. The SMILES string of the molecule is c1ccc(-c2cccc3[c]2[Po][c]2c(ccn2-c2ccccn2)C32c3ccccc3-c3ccccc32)nc1. The third-order valence-electron chi connectivity index (χ3n) is 7.65. The van der Waals surface area contributed by atoms with Crippen LogP contribution >= 0.6 is 0 Å². The van der Waals surface area contributed by atoms with Gasteiger partial charge in [-0.05, 0) is 0 Å². The van der Waals surface area contributed by atoms with Crippen LogP contribution in [-0.2, 0) is 5.41 Å². The molecule has 3 aromatic carbocycles. The summed E-state index contributed by atoms with van der Waals surface area (Å²) in [5.41, 5.74) is 10.2. The number of hydrogen-bond acceptors (Lipinski definition) is 2. The number of fused-ring (bicyclic) bond motifs is 9. The third-order valence-corrected chi connectivity index (χ3v) is 12.5. The minimum atomic E-state index is -1.21. The molecule has 1 spiro atoms. The summed E-state index contributed by atoms with van der Waals surface area (Å²) in [6.07, 6.45) is 6.03. The minimum absolute atomic E-state index is 0.360. The van der Waals surface area contributed by atoms with Crippen LogP contribution in [0.3, 0.4) is 0 Å². The fourth-order valence-corrected chi connectivity index (χ4v) is 11.6. The Morgan fingerprint density at radius 1 is 0.541 bits per heavy atom. The van der Waals surface area contributed by atoms with Gasteiger partial charge in [-0.15, -0.1) is 0 Å². The van der Waals surface area contributed by atoms with Gasteiger partial charge in [0, 0.05) is 0 Å². The molecule has 1 aliphatic heterocycles. The van der Waals surface area contributed by atoms with E-state index < -0.39 is 23.6 Å². The van der Waals surface area contributed by atoms with Crippen molar-refractivity contribution in [2.45, 2.75) is 5.41 Å². The van der Waals surface area contributed by atoms with E-state index in [1.807, 2.05) is 24.5 Å². The Hall–Kier alpha value is -3.86. The van der Waals surface area contributed by atoms with Gasteiger partial charge in [-0.25, -0.2) is 0 Å². The number of pyridine rings is 2. The van der Waals surface area contributed by atoms with Crippen LogP contribution in [0.25, 0.3) is 28.2 Å². The molecule has 6 aromatic rings. The van der Waals surface area contributed by atoms with E-state index in [2.05, 4.69) is 108 Å². The van der Waals surface area contributed by atoms with Gasteiger partial charge in [0.1, 0.15) is 0 Å². The summed E-state index contributed by atoms with van der Waals surface area (Å²) in [6.45, 7) is 0. The summed E-state index contributed by atoms with van der Waals surface area (Å²) >= 11 is -1.21. The van der Waals surface area contributed by atoms with Crippen molar-refractivity contribution in [3.05, 3.63) is 150 Å². The molecule has 37 heavy (non-hydrogen) atoms. The van der Waals surface area contributed by atoms with Gasteiger partial charge in [-0.1, -0.05) is 0 Å². The van der Waals surface area contributed by atoms with Gasteiger partial charge in [0.15, 0.2) is 0 Å². The molecule has 0 bridgehead atoms. The maximum atomic E-state index is 4.79.